The van der Waals surface area contributed by atoms with Gasteiger partial charge in [-0.05, 0) is 30.5 Å². The van der Waals surface area contributed by atoms with Crippen LogP contribution in [0.4, 0.5) is 0 Å². The van der Waals surface area contributed by atoms with Crippen LogP contribution in [0.25, 0.3) is 10.1 Å². The highest BCUT2D eigenvalue weighted by Crippen LogP contribution is 2.44. The Morgan fingerprint density at radius 3 is 2.96 bits per heavy atom. The fourth-order valence-electron chi connectivity index (χ4n) is 4.59. The molecule has 4 nitrogen and oxygen atoms in total. The first-order valence-corrected chi connectivity index (χ1v) is 9.96. The summed E-state index contributed by atoms with van der Waals surface area (Å²) in [5.74, 6) is 0.724. The second kappa shape index (κ2) is 6.71. The first-order valence-electron chi connectivity index (χ1n) is 9.14. The van der Waals surface area contributed by atoms with Crippen molar-refractivity contribution >= 4 is 27.3 Å². The van der Waals surface area contributed by atoms with Crippen molar-refractivity contribution in [3.8, 4) is 0 Å². The summed E-state index contributed by atoms with van der Waals surface area (Å²) >= 11 is 1.61. The molecule has 2 fully saturated rings. The van der Waals surface area contributed by atoms with Gasteiger partial charge >= 0.3 is 0 Å². The molecule has 5 heteroatoms. The van der Waals surface area contributed by atoms with E-state index in [2.05, 4.69) is 28.9 Å². The summed E-state index contributed by atoms with van der Waals surface area (Å²) in [5.41, 5.74) is 0.207. The van der Waals surface area contributed by atoms with Crippen molar-refractivity contribution in [3.63, 3.8) is 0 Å². The van der Waals surface area contributed by atoms with Crippen LogP contribution < -0.4 is 0 Å². The van der Waals surface area contributed by atoms with Crippen LogP contribution >= 0.6 is 11.3 Å². The van der Waals surface area contributed by atoms with Crippen molar-refractivity contribution in [2.75, 3.05) is 46.4 Å². The molecule has 2 saturated heterocycles. The molecule has 0 N–H and O–H groups in total. The van der Waals surface area contributed by atoms with Gasteiger partial charge in [0.25, 0.3) is 5.91 Å². The molecule has 2 atom stereocenters. The van der Waals surface area contributed by atoms with Gasteiger partial charge in [-0.2, -0.15) is 0 Å². The summed E-state index contributed by atoms with van der Waals surface area (Å²) in [7, 11) is 1.79. The molecule has 1 amide bonds. The molecular weight excluding hydrogens is 332 g/mol. The SMILES string of the molecule is CCN1C[C@H](COC)[C@]2(CCN(C(=O)c3cc4ccccc4s3)C2)C1. The number of carbonyl (C=O) groups is 1. The average molecular weight is 359 g/mol. The van der Waals surface area contributed by atoms with Gasteiger partial charge in [0.1, 0.15) is 0 Å². The monoisotopic (exact) mass is 358 g/mol. The first kappa shape index (κ1) is 17.0. The smallest absolute Gasteiger partial charge is 0.263 e. The van der Waals surface area contributed by atoms with Crippen LogP contribution in [0.3, 0.4) is 0 Å². The molecule has 2 aromatic rings. The predicted molar refractivity (Wildman–Crippen MR) is 102 cm³/mol. The van der Waals surface area contributed by atoms with Gasteiger partial charge in [0.05, 0.1) is 11.5 Å². The van der Waals surface area contributed by atoms with Crippen LogP contribution in [0.2, 0.25) is 0 Å². The van der Waals surface area contributed by atoms with Crippen LogP contribution in [-0.4, -0.2) is 62.1 Å². The Hall–Kier alpha value is -1.43. The normalized spacial score (nSPS) is 27.0. The van der Waals surface area contributed by atoms with Gasteiger partial charge in [-0.1, -0.05) is 25.1 Å². The van der Waals surface area contributed by atoms with Crippen LogP contribution in [0.1, 0.15) is 23.0 Å². The molecule has 0 aliphatic carbocycles. The van der Waals surface area contributed by atoms with Crippen molar-refractivity contribution in [1.29, 1.82) is 0 Å². The minimum Gasteiger partial charge on any atom is -0.384 e. The molecule has 1 aromatic heterocycles. The standard InChI is InChI=1S/C20H26N2O2S/c1-3-21-11-16(12-24-2)20(13-21)8-9-22(14-20)19(23)18-10-15-6-4-5-7-17(15)25-18/h4-7,10,16H,3,8-9,11-14H2,1-2H3/t16-,20-/m1/s1. The minimum absolute atomic E-state index is 0.198. The molecule has 2 aliphatic rings. The fraction of sp³-hybridized carbons (Fsp3) is 0.550. The summed E-state index contributed by atoms with van der Waals surface area (Å²) in [6.07, 6.45) is 1.09. The molecule has 0 unspecified atom stereocenters. The molecular formula is C20H26N2O2S. The minimum atomic E-state index is 0.198. The molecule has 2 aliphatic heterocycles. The number of carbonyl (C=O) groups excluding carboxylic acids is 1. The fourth-order valence-corrected chi connectivity index (χ4v) is 5.62. The molecule has 0 bridgehead atoms. The first-order chi connectivity index (χ1) is 12.1. The van der Waals surface area contributed by atoms with Crippen molar-refractivity contribution in [2.24, 2.45) is 11.3 Å². The highest BCUT2D eigenvalue weighted by atomic mass is 32.1. The Labute approximate surface area is 153 Å². The Bertz CT molecular complexity index is 741. The van der Waals surface area contributed by atoms with E-state index in [-0.39, 0.29) is 11.3 Å². The van der Waals surface area contributed by atoms with Crippen LogP contribution in [0.5, 0.6) is 0 Å². The number of hydrogen-bond donors (Lipinski definition) is 0. The Kier molecular flexibility index (Phi) is 4.56. The molecule has 134 valence electrons. The van der Waals surface area contributed by atoms with E-state index in [0.29, 0.717) is 5.92 Å². The molecule has 1 aromatic carbocycles. The average Bonchev–Trinajstić information content (AvgIpc) is 3.33. The van der Waals surface area contributed by atoms with Crippen molar-refractivity contribution < 1.29 is 9.53 Å². The van der Waals surface area contributed by atoms with Gasteiger partial charge in [0, 0.05) is 49.3 Å². The molecule has 4 rings (SSSR count). The van der Waals surface area contributed by atoms with Gasteiger partial charge in [0.15, 0.2) is 0 Å². The van der Waals surface area contributed by atoms with Crippen molar-refractivity contribution in [2.45, 2.75) is 13.3 Å². The Morgan fingerprint density at radius 2 is 2.20 bits per heavy atom. The Balaban J connectivity index is 1.53. The van der Waals surface area contributed by atoms with E-state index in [1.54, 1.807) is 18.4 Å². The summed E-state index contributed by atoms with van der Waals surface area (Å²) < 4.78 is 6.69. The number of fused-ring (bicyclic) bond motifs is 1. The van der Waals surface area contributed by atoms with Gasteiger partial charge in [-0.25, -0.2) is 0 Å². The summed E-state index contributed by atoms with van der Waals surface area (Å²) in [6.45, 7) is 8.00. The van der Waals surface area contributed by atoms with Crippen molar-refractivity contribution in [1.82, 2.24) is 9.80 Å². The molecule has 25 heavy (non-hydrogen) atoms. The molecule has 0 radical (unpaired) electrons. The lowest BCUT2D eigenvalue weighted by molar-refractivity contribution is 0.0720. The third-order valence-electron chi connectivity index (χ3n) is 6.01. The van der Waals surface area contributed by atoms with Crippen LogP contribution in [0.15, 0.2) is 30.3 Å². The number of likely N-dealkylation sites (tertiary alicyclic amines) is 2. The maximum atomic E-state index is 13.1. The van der Waals surface area contributed by atoms with E-state index >= 15 is 0 Å². The van der Waals surface area contributed by atoms with E-state index in [9.17, 15) is 4.79 Å². The third kappa shape index (κ3) is 2.98. The third-order valence-corrected chi connectivity index (χ3v) is 7.11. The second-order valence-corrected chi connectivity index (χ2v) is 8.55. The second-order valence-electron chi connectivity index (χ2n) is 7.47. The van der Waals surface area contributed by atoms with Gasteiger partial charge in [0.2, 0.25) is 0 Å². The quantitative estimate of drug-likeness (QED) is 0.840. The van der Waals surface area contributed by atoms with Crippen LogP contribution in [-0.2, 0) is 4.74 Å². The van der Waals surface area contributed by atoms with Crippen LogP contribution in [0, 0.1) is 11.3 Å². The molecule has 1 spiro atoms. The lowest BCUT2D eigenvalue weighted by atomic mass is 9.77. The largest absolute Gasteiger partial charge is 0.384 e. The zero-order valence-corrected chi connectivity index (χ0v) is 15.8. The van der Waals surface area contributed by atoms with E-state index in [1.807, 2.05) is 18.2 Å². The van der Waals surface area contributed by atoms with Crippen molar-refractivity contribution in [3.05, 3.63) is 35.2 Å². The van der Waals surface area contributed by atoms with E-state index in [4.69, 9.17) is 4.74 Å². The summed E-state index contributed by atoms with van der Waals surface area (Å²) in [6, 6.07) is 10.3. The number of amides is 1. The zero-order valence-electron chi connectivity index (χ0n) is 15.0. The predicted octanol–water partition coefficient (Wildman–Crippen LogP) is 3.33. The molecule has 0 saturated carbocycles. The lowest BCUT2D eigenvalue weighted by Gasteiger charge is -2.30. The molecule has 3 heterocycles. The van der Waals surface area contributed by atoms with E-state index in [0.717, 1.165) is 50.6 Å². The number of nitrogens with zero attached hydrogens (tertiary/aromatic N) is 2. The zero-order chi connectivity index (χ0) is 17.4. The topological polar surface area (TPSA) is 32.8 Å². The maximum absolute atomic E-state index is 13.1. The number of benzene rings is 1. The lowest BCUT2D eigenvalue weighted by Crippen LogP contribution is -2.38. The van der Waals surface area contributed by atoms with Gasteiger partial charge in [-0.3, -0.25) is 4.79 Å². The number of methoxy groups -OCH3 is 1. The van der Waals surface area contributed by atoms with Gasteiger partial charge in [-0.15, -0.1) is 11.3 Å². The number of thiophene rings is 1. The highest BCUT2D eigenvalue weighted by Gasteiger charge is 2.50. The maximum Gasteiger partial charge on any atom is 0.263 e. The van der Waals surface area contributed by atoms with E-state index < -0.39 is 0 Å². The summed E-state index contributed by atoms with van der Waals surface area (Å²) in [4.78, 5) is 18.5. The number of hydrogen-bond acceptors (Lipinski definition) is 4. The number of ether oxygens (including phenoxy) is 1. The van der Waals surface area contributed by atoms with Gasteiger partial charge < -0.3 is 14.5 Å². The van der Waals surface area contributed by atoms with E-state index in [1.165, 1.54) is 10.1 Å². The number of rotatable bonds is 4. The highest BCUT2D eigenvalue weighted by molar-refractivity contribution is 7.20. The summed E-state index contributed by atoms with van der Waals surface area (Å²) in [5, 5.41) is 1.17. The Morgan fingerprint density at radius 1 is 1.36 bits per heavy atom.